The summed E-state index contributed by atoms with van der Waals surface area (Å²) in [5.41, 5.74) is 2.04. The van der Waals surface area contributed by atoms with Gasteiger partial charge in [-0.05, 0) is 26.3 Å². The summed E-state index contributed by atoms with van der Waals surface area (Å²) in [5, 5.41) is 13.2. The number of hydrogen-bond acceptors (Lipinski definition) is 2. The van der Waals surface area contributed by atoms with Crippen LogP contribution in [0.1, 0.15) is 43.9 Å². The van der Waals surface area contributed by atoms with Crippen molar-refractivity contribution in [3.05, 3.63) is 29.3 Å². The second kappa shape index (κ2) is 6.32. The summed E-state index contributed by atoms with van der Waals surface area (Å²) in [7, 11) is 0. The molecule has 2 N–H and O–H groups in total. The van der Waals surface area contributed by atoms with Crippen molar-refractivity contribution in [3.63, 3.8) is 0 Å². The third-order valence-corrected chi connectivity index (χ3v) is 2.88. The second-order valence-corrected chi connectivity index (χ2v) is 4.46. The number of phenols is 1. The molecular weight excluding hydrogens is 210 g/mol. The first-order valence-electron chi connectivity index (χ1n) is 6.10. The van der Waals surface area contributed by atoms with Crippen molar-refractivity contribution < 1.29 is 5.11 Å². The number of rotatable bonds is 5. The van der Waals surface area contributed by atoms with Gasteiger partial charge >= 0.3 is 0 Å². The maximum absolute atomic E-state index is 9.83. The highest BCUT2D eigenvalue weighted by molar-refractivity contribution is 5.37. The fourth-order valence-corrected chi connectivity index (χ4v) is 1.92. The van der Waals surface area contributed by atoms with E-state index in [1.54, 1.807) is 6.07 Å². The lowest BCUT2D eigenvalue weighted by molar-refractivity contribution is 0.440. The van der Waals surface area contributed by atoms with Crippen molar-refractivity contribution in [2.24, 2.45) is 0 Å². The van der Waals surface area contributed by atoms with Gasteiger partial charge in [0.15, 0.2) is 0 Å². The molecule has 2 unspecified atom stereocenters. The van der Waals surface area contributed by atoms with E-state index in [0.717, 1.165) is 24.0 Å². The third-order valence-electron chi connectivity index (χ3n) is 2.88. The number of aromatic hydroxyl groups is 1. The molecule has 2 heteroatoms. The smallest absolute Gasteiger partial charge is 0.120 e. The lowest BCUT2D eigenvalue weighted by Gasteiger charge is -2.20. The van der Waals surface area contributed by atoms with E-state index in [4.69, 9.17) is 6.42 Å². The van der Waals surface area contributed by atoms with Crippen molar-refractivity contribution in [2.45, 2.75) is 45.7 Å². The van der Waals surface area contributed by atoms with Crippen LogP contribution >= 0.6 is 0 Å². The molecule has 0 heterocycles. The van der Waals surface area contributed by atoms with E-state index >= 15 is 0 Å². The summed E-state index contributed by atoms with van der Waals surface area (Å²) in [6.07, 6.45) is 7.48. The van der Waals surface area contributed by atoms with Crippen molar-refractivity contribution >= 4 is 0 Å². The van der Waals surface area contributed by atoms with Gasteiger partial charge in [-0.2, -0.15) is 0 Å². The van der Waals surface area contributed by atoms with Gasteiger partial charge in [0.25, 0.3) is 0 Å². The Labute approximate surface area is 104 Å². The fourth-order valence-electron chi connectivity index (χ4n) is 1.92. The first-order chi connectivity index (χ1) is 8.08. The Hall–Kier alpha value is -1.46. The van der Waals surface area contributed by atoms with Crippen LogP contribution in [0.2, 0.25) is 0 Å². The number of hydrogen-bond donors (Lipinski definition) is 2. The van der Waals surface area contributed by atoms with Crippen LogP contribution in [0.15, 0.2) is 18.2 Å². The van der Waals surface area contributed by atoms with Gasteiger partial charge < -0.3 is 5.11 Å². The average Bonchev–Trinajstić information content (AvgIpc) is 2.31. The largest absolute Gasteiger partial charge is 0.508 e. The molecule has 0 amide bonds. The van der Waals surface area contributed by atoms with E-state index in [1.165, 1.54) is 0 Å². The minimum Gasteiger partial charge on any atom is -0.508 e. The fraction of sp³-hybridized carbons (Fsp3) is 0.467. The summed E-state index contributed by atoms with van der Waals surface area (Å²) in [6.45, 7) is 6.15. The highest BCUT2D eigenvalue weighted by atomic mass is 16.3. The first kappa shape index (κ1) is 13.6. The Balaban J connectivity index is 2.78. The van der Waals surface area contributed by atoms with Crippen LogP contribution in [-0.4, -0.2) is 11.1 Å². The van der Waals surface area contributed by atoms with Gasteiger partial charge in [-0.1, -0.05) is 37.0 Å². The van der Waals surface area contributed by atoms with Crippen LogP contribution in [0.3, 0.4) is 0 Å². The lowest BCUT2D eigenvalue weighted by atomic mass is 10.0. The molecule has 0 saturated heterocycles. The van der Waals surface area contributed by atoms with Crippen LogP contribution in [0.25, 0.3) is 0 Å². The Kier molecular flexibility index (Phi) is 5.06. The van der Waals surface area contributed by atoms with E-state index in [1.807, 2.05) is 26.0 Å². The highest BCUT2D eigenvalue weighted by Gasteiger charge is 2.13. The van der Waals surface area contributed by atoms with E-state index in [0.29, 0.717) is 5.75 Å². The summed E-state index contributed by atoms with van der Waals surface area (Å²) >= 11 is 0. The molecule has 0 radical (unpaired) electrons. The van der Waals surface area contributed by atoms with Crippen molar-refractivity contribution in [2.75, 3.05) is 0 Å². The Morgan fingerprint density at radius 1 is 1.47 bits per heavy atom. The molecule has 1 rings (SSSR count). The third kappa shape index (κ3) is 3.80. The Bertz CT molecular complexity index is 406. The van der Waals surface area contributed by atoms with E-state index in [9.17, 15) is 5.11 Å². The van der Waals surface area contributed by atoms with Gasteiger partial charge in [-0.3, -0.25) is 5.32 Å². The van der Waals surface area contributed by atoms with Crippen molar-refractivity contribution in [1.82, 2.24) is 5.32 Å². The molecule has 0 aliphatic rings. The molecule has 2 atom stereocenters. The minimum absolute atomic E-state index is 0.0579. The summed E-state index contributed by atoms with van der Waals surface area (Å²) < 4.78 is 0. The van der Waals surface area contributed by atoms with Crippen LogP contribution in [0, 0.1) is 19.3 Å². The van der Waals surface area contributed by atoms with Gasteiger partial charge in [-0.25, -0.2) is 0 Å². The highest BCUT2D eigenvalue weighted by Crippen LogP contribution is 2.25. The molecule has 17 heavy (non-hydrogen) atoms. The number of nitrogens with one attached hydrogen (secondary N) is 1. The Morgan fingerprint density at radius 2 is 2.18 bits per heavy atom. The van der Waals surface area contributed by atoms with Crippen molar-refractivity contribution in [1.29, 1.82) is 0 Å². The summed E-state index contributed by atoms with van der Waals surface area (Å²) in [6, 6.07) is 5.74. The molecule has 2 nitrogen and oxygen atoms in total. The van der Waals surface area contributed by atoms with Gasteiger partial charge in [0, 0.05) is 11.6 Å². The molecule has 92 valence electrons. The number of terminal acetylenes is 1. The first-order valence-corrected chi connectivity index (χ1v) is 6.10. The maximum Gasteiger partial charge on any atom is 0.120 e. The minimum atomic E-state index is 0.0579. The predicted molar refractivity (Wildman–Crippen MR) is 71.9 cm³/mol. The molecule has 1 aromatic carbocycles. The lowest BCUT2D eigenvalue weighted by Crippen LogP contribution is -2.30. The zero-order valence-corrected chi connectivity index (χ0v) is 10.8. The Morgan fingerprint density at radius 3 is 2.76 bits per heavy atom. The standard InChI is InChI=1S/C15H21NO/c1-5-7-13(6-2)16-12(4)14-10-11(3)8-9-15(14)17/h2,8-10,12-13,16-17H,5,7H2,1,3-4H3. The van der Waals surface area contributed by atoms with Crippen LogP contribution in [0.5, 0.6) is 5.75 Å². The quantitative estimate of drug-likeness (QED) is 0.763. The van der Waals surface area contributed by atoms with Gasteiger partial charge in [0.05, 0.1) is 6.04 Å². The zero-order valence-electron chi connectivity index (χ0n) is 10.8. The molecule has 1 aromatic rings. The van der Waals surface area contributed by atoms with Crippen molar-refractivity contribution in [3.8, 4) is 18.1 Å². The maximum atomic E-state index is 9.83. The molecule has 0 bridgehead atoms. The van der Waals surface area contributed by atoms with E-state index < -0.39 is 0 Å². The molecule has 0 aliphatic heterocycles. The zero-order chi connectivity index (χ0) is 12.8. The van der Waals surface area contributed by atoms with Crippen LogP contribution in [-0.2, 0) is 0 Å². The molecule has 0 fully saturated rings. The van der Waals surface area contributed by atoms with Crippen LogP contribution in [0.4, 0.5) is 0 Å². The SMILES string of the molecule is C#CC(CCC)NC(C)c1cc(C)ccc1O. The van der Waals surface area contributed by atoms with Gasteiger partial charge in [0.2, 0.25) is 0 Å². The topological polar surface area (TPSA) is 32.3 Å². The van der Waals surface area contributed by atoms with Gasteiger partial charge in [-0.15, -0.1) is 6.42 Å². The molecular formula is C15H21NO. The van der Waals surface area contributed by atoms with E-state index in [2.05, 4.69) is 18.2 Å². The summed E-state index contributed by atoms with van der Waals surface area (Å²) in [4.78, 5) is 0. The van der Waals surface area contributed by atoms with E-state index in [-0.39, 0.29) is 12.1 Å². The molecule has 0 aromatic heterocycles. The monoisotopic (exact) mass is 231 g/mol. The molecule has 0 saturated carbocycles. The second-order valence-electron chi connectivity index (χ2n) is 4.46. The average molecular weight is 231 g/mol. The van der Waals surface area contributed by atoms with Gasteiger partial charge in [0.1, 0.15) is 5.75 Å². The summed E-state index contributed by atoms with van der Waals surface area (Å²) in [5.74, 6) is 3.07. The molecule has 0 spiro atoms. The molecule has 0 aliphatic carbocycles. The predicted octanol–water partition coefficient (Wildman–Crippen LogP) is 3.15. The van der Waals surface area contributed by atoms with Crippen LogP contribution < -0.4 is 5.32 Å². The normalized spacial score (nSPS) is 14.0. The number of aryl methyl sites for hydroxylation is 1. The number of benzene rings is 1. The number of phenolic OH excluding ortho intramolecular Hbond substituents is 1.